The Morgan fingerprint density at radius 3 is 2.28 bits per heavy atom. The molecule has 3 heterocycles. The zero-order valence-corrected chi connectivity index (χ0v) is 21.7. The van der Waals surface area contributed by atoms with E-state index in [0.29, 0.717) is 18.1 Å². The van der Waals surface area contributed by atoms with Crippen LogP contribution in [0.1, 0.15) is 51.6 Å². The molecule has 1 N–H and O–H groups in total. The number of esters is 1. The summed E-state index contributed by atoms with van der Waals surface area (Å²) < 4.78 is 18.4. The van der Waals surface area contributed by atoms with Crippen LogP contribution in [0.2, 0.25) is 0 Å². The zero-order valence-electron chi connectivity index (χ0n) is 21.7. The molecule has 3 aliphatic rings. The number of nitrogens with one attached hydrogen (secondary N) is 1. The van der Waals surface area contributed by atoms with Gasteiger partial charge in [-0.2, -0.15) is 0 Å². The third kappa shape index (κ3) is 7.00. The average Bonchev–Trinajstić information content (AvgIpc) is 2.86. The molecule has 0 aromatic heterocycles. The van der Waals surface area contributed by atoms with Crippen LogP contribution in [0.25, 0.3) is 0 Å². The second kappa shape index (κ2) is 11.3. The van der Waals surface area contributed by atoms with E-state index in [4.69, 9.17) is 14.2 Å². The van der Waals surface area contributed by atoms with Gasteiger partial charge in [0.2, 0.25) is 0 Å². The summed E-state index contributed by atoms with van der Waals surface area (Å²) >= 11 is 0. The molecule has 7 heteroatoms. The van der Waals surface area contributed by atoms with E-state index in [-0.39, 0.29) is 6.10 Å². The number of nitrogens with zero attached hydrogens (tertiary/aromatic N) is 1. The van der Waals surface area contributed by atoms with E-state index in [1.807, 2.05) is 60.7 Å². The Labute approximate surface area is 214 Å². The summed E-state index contributed by atoms with van der Waals surface area (Å²) in [5.41, 5.74) is 0.0165. The highest BCUT2D eigenvalue weighted by Crippen LogP contribution is 2.36. The van der Waals surface area contributed by atoms with Crippen LogP contribution in [-0.4, -0.2) is 61.0 Å². The highest BCUT2D eigenvalue weighted by atomic mass is 16.6. The normalized spacial score (nSPS) is 24.0. The molecule has 0 radical (unpaired) electrons. The number of para-hydroxylation sites is 1. The maximum absolute atomic E-state index is 13.4. The van der Waals surface area contributed by atoms with Gasteiger partial charge in [0.05, 0.1) is 26.2 Å². The van der Waals surface area contributed by atoms with Crippen molar-refractivity contribution in [3.05, 3.63) is 66.2 Å². The van der Waals surface area contributed by atoms with Crippen LogP contribution in [0.5, 0.6) is 5.75 Å². The lowest BCUT2D eigenvalue weighted by atomic mass is 9.83. The molecule has 7 nitrogen and oxygen atoms in total. The quantitative estimate of drug-likeness (QED) is 0.305. The van der Waals surface area contributed by atoms with Crippen molar-refractivity contribution >= 4 is 12.1 Å². The number of alkyl carbamates (subject to hydrolysis) is 1. The van der Waals surface area contributed by atoms with E-state index < -0.39 is 23.7 Å². The summed E-state index contributed by atoms with van der Waals surface area (Å²) in [5.74, 6) is 0.829. The summed E-state index contributed by atoms with van der Waals surface area (Å²) in [4.78, 5) is 25.9. The van der Waals surface area contributed by atoms with Crippen molar-refractivity contribution in [1.29, 1.82) is 0 Å². The maximum atomic E-state index is 13.4. The van der Waals surface area contributed by atoms with Crippen LogP contribution in [-0.2, 0) is 14.3 Å². The van der Waals surface area contributed by atoms with Crippen LogP contribution < -0.4 is 10.1 Å². The van der Waals surface area contributed by atoms with Crippen molar-refractivity contribution in [1.82, 2.24) is 5.32 Å². The third-order valence-electron chi connectivity index (χ3n) is 7.13. The molecule has 2 aromatic carbocycles. The van der Waals surface area contributed by atoms with E-state index in [2.05, 4.69) is 5.32 Å². The minimum Gasteiger partial charge on any atom is -0.493 e. The summed E-state index contributed by atoms with van der Waals surface area (Å²) in [6.45, 7) is 10.1. The molecule has 0 aliphatic carbocycles. The van der Waals surface area contributed by atoms with Crippen molar-refractivity contribution in [2.24, 2.45) is 5.92 Å². The smallest absolute Gasteiger partial charge is 0.408 e. The van der Waals surface area contributed by atoms with Crippen molar-refractivity contribution in [3.8, 4) is 5.75 Å². The van der Waals surface area contributed by atoms with Crippen LogP contribution in [0, 0.1) is 5.92 Å². The molecule has 3 saturated heterocycles. The van der Waals surface area contributed by atoms with Gasteiger partial charge in [-0.1, -0.05) is 48.5 Å². The third-order valence-corrected chi connectivity index (χ3v) is 7.13. The van der Waals surface area contributed by atoms with Gasteiger partial charge in [-0.25, -0.2) is 9.59 Å². The first-order valence-electron chi connectivity index (χ1n) is 13.0. The van der Waals surface area contributed by atoms with E-state index >= 15 is 0 Å². The van der Waals surface area contributed by atoms with Gasteiger partial charge in [0.1, 0.15) is 17.9 Å². The Bertz CT molecular complexity index is 997. The second-order valence-electron chi connectivity index (χ2n) is 11.0. The fourth-order valence-electron chi connectivity index (χ4n) is 5.34. The molecule has 2 bridgehead atoms. The second-order valence-corrected chi connectivity index (χ2v) is 11.0. The van der Waals surface area contributed by atoms with E-state index in [0.717, 1.165) is 55.7 Å². The number of carbonyl (C=O) groups excluding carboxylic acids is 2. The number of fused-ring (bicyclic) bond motifs is 3. The fourth-order valence-corrected chi connectivity index (χ4v) is 5.34. The van der Waals surface area contributed by atoms with E-state index in [9.17, 15) is 9.59 Å². The van der Waals surface area contributed by atoms with Crippen molar-refractivity contribution < 1.29 is 28.3 Å². The maximum Gasteiger partial charge on any atom is 0.408 e. The van der Waals surface area contributed by atoms with E-state index in [1.165, 1.54) is 0 Å². The van der Waals surface area contributed by atoms with Gasteiger partial charge in [0, 0.05) is 25.2 Å². The van der Waals surface area contributed by atoms with Crippen molar-refractivity contribution in [2.45, 2.75) is 57.8 Å². The highest BCUT2D eigenvalue weighted by Gasteiger charge is 2.48. The Morgan fingerprint density at radius 1 is 1.00 bits per heavy atom. The van der Waals surface area contributed by atoms with Gasteiger partial charge in [0.25, 0.3) is 0 Å². The Balaban J connectivity index is 1.36. The number of carbonyl (C=O) groups is 2. The topological polar surface area (TPSA) is 73.9 Å². The van der Waals surface area contributed by atoms with Gasteiger partial charge < -0.3 is 24.0 Å². The standard InChI is InChI=1S/C29H38N2O5/c1-29(2,3)36-28(33)30-26(23-11-6-4-7-12-23)27(32)35-25-21-31(18-15-22(25)16-19-31)17-10-20-34-24-13-8-5-9-14-24/h4-9,11-14,22,25-26H,10,15-21H2,1-3H3/p+1/t22?,25-,26?,31?/m0/s1. The number of ether oxygens (including phenoxy) is 3. The summed E-state index contributed by atoms with van der Waals surface area (Å²) in [6.07, 6.45) is 2.26. The monoisotopic (exact) mass is 495 g/mol. The molecular weight excluding hydrogens is 456 g/mol. The first-order valence-corrected chi connectivity index (χ1v) is 13.0. The Morgan fingerprint density at radius 2 is 1.64 bits per heavy atom. The molecular formula is C29H39N2O5+. The SMILES string of the molecule is CC(C)(C)OC(=O)NC(C(=O)O[C@H]1C[N+]2(CCCOc3ccccc3)CCC1CC2)c1ccccc1. The zero-order chi connectivity index (χ0) is 25.6. The largest absolute Gasteiger partial charge is 0.493 e. The average molecular weight is 496 g/mol. The lowest BCUT2D eigenvalue weighted by Crippen LogP contribution is -2.65. The first-order chi connectivity index (χ1) is 17.2. The molecule has 3 aliphatic heterocycles. The predicted molar refractivity (Wildman–Crippen MR) is 137 cm³/mol. The van der Waals surface area contributed by atoms with Crippen molar-refractivity contribution in [3.63, 3.8) is 0 Å². The highest BCUT2D eigenvalue weighted by molar-refractivity contribution is 5.83. The number of rotatable bonds is 9. The Hall–Kier alpha value is -3.06. The molecule has 2 aromatic rings. The van der Waals surface area contributed by atoms with Crippen LogP contribution in [0.3, 0.4) is 0 Å². The molecule has 1 amide bonds. The number of hydrogen-bond donors (Lipinski definition) is 1. The van der Waals surface area contributed by atoms with Gasteiger partial charge in [0.15, 0.2) is 12.1 Å². The van der Waals surface area contributed by atoms with Gasteiger partial charge in [-0.15, -0.1) is 0 Å². The number of quaternary nitrogens is 1. The molecule has 194 valence electrons. The first kappa shape index (κ1) is 26.0. The summed E-state index contributed by atoms with van der Waals surface area (Å²) in [5, 5.41) is 2.73. The van der Waals surface area contributed by atoms with Gasteiger partial charge in [-0.05, 0) is 38.5 Å². The minimum absolute atomic E-state index is 0.151. The fraction of sp³-hybridized carbons (Fsp3) is 0.517. The molecule has 0 spiro atoms. The number of piperidine rings is 3. The van der Waals surface area contributed by atoms with E-state index in [1.54, 1.807) is 20.8 Å². The van der Waals surface area contributed by atoms with Gasteiger partial charge >= 0.3 is 12.1 Å². The van der Waals surface area contributed by atoms with Crippen LogP contribution in [0.15, 0.2) is 60.7 Å². The van der Waals surface area contributed by atoms with Crippen molar-refractivity contribution in [2.75, 3.05) is 32.8 Å². The lowest BCUT2D eigenvalue weighted by molar-refractivity contribution is -0.946. The number of benzene rings is 2. The Kier molecular flexibility index (Phi) is 8.19. The molecule has 36 heavy (non-hydrogen) atoms. The van der Waals surface area contributed by atoms with Crippen LogP contribution in [0.4, 0.5) is 4.79 Å². The molecule has 1 unspecified atom stereocenters. The van der Waals surface area contributed by atoms with Crippen LogP contribution >= 0.6 is 0 Å². The molecule has 3 fully saturated rings. The van der Waals surface area contributed by atoms with Gasteiger partial charge in [-0.3, -0.25) is 0 Å². The predicted octanol–water partition coefficient (Wildman–Crippen LogP) is 4.87. The molecule has 2 atom stereocenters. The lowest BCUT2D eigenvalue weighted by Gasteiger charge is -2.52. The summed E-state index contributed by atoms with van der Waals surface area (Å²) in [7, 11) is 0. The minimum atomic E-state index is -0.913. The molecule has 0 saturated carbocycles. The number of hydrogen-bond acceptors (Lipinski definition) is 5. The summed E-state index contributed by atoms with van der Waals surface area (Å²) in [6, 6.07) is 18.2. The molecule has 5 rings (SSSR count). The number of amides is 1.